The average molecular weight is 321 g/mol. The van der Waals surface area contributed by atoms with Gasteiger partial charge in [-0.3, -0.25) is 0 Å². The number of halogens is 3. The minimum absolute atomic E-state index is 0.269. The minimum Gasteiger partial charge on any atom is -0.213 e. The minimum atomic E-state index is 0.269. The third-order valence-electron chi connectivity index (χ3n) is 2.39. The number of hydrogen-bond donors (Lipinski definition) is 0. The quantitative estimate of drug-likeness (QED) is 0.669. The molecule has 1 aliphatic heterocycles. The molecule has 0 unspecified atom stereocenters. The van der Waals surface area contributed by atoms with Gasteiger partial charge in [0.05, 0.1) is 39.2 Å². The molecule has 0 spiro atoms. The van der Waals surface area contributed by atoms with Crippen molar-refractivity contribution in [3.63, 3.8) is 0 Å². The van der Waals surface area contributed by atoms with Gasteiger partial charge in [0.25, 0.3) is 0 Å². The highest BCUT2D eigenvalue weighted by molar-refractivity contribution is 7.58. The standard InChI is InChI=1S/C9H4Cl3N5S/c10-2-4-3-13-16-17(4)9-6(12)1-5(11)7-8(9)15-18-14-7/h1,3H,2H2. The van der Waals surface area contributed by atoms with E-state index in [1.165, 1.54) is 0 Å². The molecule has 0 aliphatic carbocycles. The topological polar surface area (TPSA) is 55.4 Å². The highest BCUT2D eigenvalue weighted by Crippen LogP contribution is 2.46. The van der Waals surface area contributed by atoms with Crippen LogP contribution in [0.5, 0.6) is 0 Å². The summed E-state index contributed by atoms with van der Waals surface area (Å²) in [6.07, 6.45) is 1.57. The van der Waals surface area contributed by atoms with Crippen molar-refractivity contribution in [1.82, 2.24) is 15.0 Å². The molecule has 5 nitrogen and oxygen atoms in total. The second-order valence-electron chi connectivity index (χ2n) is 3.42. The zero-order valence-electron chi connectivity index (χ0n) is 8.64. The molecule has 0 N–H and O–H groups in total. The highest BCUT2D eigenvalue weighted by Gasteiger charge is 2.22. The Bertz CT molecular complexity index is 704. The monoisotopic (exact) mass is 319 g/mol. The van der Waals surface area contributed by atoms with Crippen molar-refractivity contribution in [2.75, 3.05) is 0 Å². The number of aromatic nitrogens is 3. The summed E-state index contributed by atoms with van der Waals surface area (Å²) in [6.45, 7) is 0. The van der Waals surface area contributed by atoms with Crippen molar-refractivity contribution in [2.45, 2.75) is 5.88 Å². The Morgan fingerprint density at radius 1 is 1.17 bits per heavy atom. The van der Waals surface area contributed by atoms with E-state index >= 15 is 0 Å². The van der Waals surface area contributed by atoms with Crippen LogP contribution in [0.3, 0.4) is 0 Å². The summed E-state index contributed by atoms with van der Waals surface area (Å²) in [5.74, 6) is 0.269. The van der Waals surface area contributed by atoms with Gasteiger partial charge in [-0.25, -0.2) is 4.68 Å². The van der Waals surface area contributed by atoms with Gasteiger partial charge in [-0.1, -0.05) is 28.4 Å². The number of hydrogen-bond acceptors (Lipinski definition) is 4. The fraction of sp³-hybridized carbons (Fsp3) is 0.111. The summed E-state index contributed by atoms with van der Waals surface area (Å²) < 4.78 is 9.88. The largest absolute Gasteiger partial charge is 0.213 e. The van der Waals surface area contributed by atoms with Crippen molar-refractivity contribution in [1.29, 1.82) is 0 Å². The van der Waals surface area contributed by atoms with Gasteiger partial charge >= 0.3 is 0 Å². The maximum Gasteiger partial charge on any atom is 0.133 e. The Morgan fingerprint density at radius 3 is 2.72 bits per heavy atom. The molecule has 3 rings (SSSR count). The number of fused-ring (bicyclic) bond motifs is 1. The summed E-state index contributed by atoms with van der Waals surface area (Å²) in [5.41, 5.74) is 2.50. The molecule has 92 valence electrons. The van der Waals surface area contributed by atoms with Crippen LogP contribution < -0.4 is 0 Å². The summed E-state index contributed by atoms with van der Waals surface area (Å²) in [6, 6.07) is 1.61. The zero-order chi connectivity index (χ0) is 12.7. The fourth-order valence-corrected chi connectivity index (χ4v) is 2.97. The fourth-order valence-electron chi connectivity index (χ4n) is 1.60. The van der Waals surface area contributed by atoms with E-state index in [4.69, 9.17) is 34.8 Å². The van der Waals surface area contributed by atoms with Gasteiger partial charge in [-0.2, -0.15) is 8.73 Å². The average Bonchev–Trinajstić information content (AvgIpc) is 2.97. The molecule has 2 heterocycles. The number of nitrogens with zero attached hydrogens (tertiary/aromatic N) is 5. The predicted octanol–water partition coefficient (Wildman–Crippen LogP) is 4.04. The second-order valence-corrected chi connectivity index (χ2v) is 5.03. The van der Waals surface area contributed by atoms with Crippen LogP contribution in [-0.2, 0) is 17.2 Å². The van der Waals surface area contributed by atoms with Crippen molar-refractivity contribution in [3.8, 4) is 5.69 Å². The van der Waals surface area contributed by atoms with Gasteiger partial charge in [0, 0.05) is 0 Å². The van der Waals surface area contributed by atoms with Gasteiger partial charge in [-0.05, 0) is 6.07 Å². The van der Waals surface area contributed by atoms with Crippen LogP contribution >= 0.6 is 34.8 Å². The van der Waals surface area contributed by atoms with Crippen LogP contribution in [0.2, 0.25) is 10.0 Å². The van der Waals surface area contributed by atoms with Gasteiger partial charge in [0.2, 0.25) is 0 Å². The maximum atomic E-state index is 6.21. The molecule has 0 saturated carbocycles. The Morgan fingerprint density at radius 2 is 1.94 bits per heavy atom. The first-order chi connectivity index (χ1) is 8.72. The van der Waals surface area contributed by atoms with Gasteiger partial charge < -0.3 is 0 Å². The molecule has 0 bridgehead atoms. The molecule has 1 aliphatic rings. The van der Waals surface area contributed by atoms with Crippen molar-refractivity contribution in [3.05, 3.63) is 28.0 Å². The first-order valence-electron chi connectivity index (χ1n) is 4.78. The molecule has 1 aromatic heterocycles. The molecule has 1 aromatic carbocycles. The second kappa shape index (κ2) is 4.62. The molecule has 9 heteroatoms. The molecule has 0 radical (unpaired) electrons. The van der Waals surface area contributed by atoms with E-state index in [0.717, 1.165) is 17.0 Å². The van der Waals surface area contributed by atoms with Crippen LogP contribution in [-0.4, -0.2) is 15.0 Å². The first kappa shape index (κ1) is 12.1. The van der Waals surface area contributed by atoms with E-state index in [2.05, 4.69) is 19.0 Å². The van der Waals surface area contributed by atoms with Crippen LogP contribution in [0.25, 0.3) is 5.69 Å². The third-order valence-corrected chi connectivity index (χ3v) is 3.77. The predicted molar refractivity (Wildman–Crippen MR) is 72.5 cm³/mol. The van der Waals surface area contributed by atoms with Crippen LogP contribution in [0.1, 0.15) is 5.69 Å². The lowest BCUT2D eigenvalue weighted by atomic mass is 10.2. The van der Waals surface area contributed by atoms with Crippen LogP contribution in [0, 0.1) is 0 Å². The number of alkyl halides is 1. The summed E-state index contributed by atoms with van der Waals surface area (Å²) in [7, 11) is 0. The van der Waals surface area contributed by atoms with E-state index in [0.29, 0.717) is 27.1 Å². The molecule has 0 amide bonds. The van der Waals surface area contributed by atoms with E-state index < -0.39 is 0 Å². The summed E-state index contributed by atoms with van der Waals surface area (Å²) >= 11 is 19.2. The lowest BCUT2D eigenvalue weighted by Crippen LogP contribution is -2.02. The lowest BCUT2D eigenvalue weighted by molar-refractivity contribution is 0.782. The Kier molecular flexibility index (Phi) is 3.11. The van der Waals surface area contributed by atoms with Gasteiger partial charge in [-0.15, -0.1) is 16.7 Å². The van der Waals surface area contributed by atoms with E-state index in [-0.39, 0.29) is 5.88 Å². The first-order valence-corrected chi connectivity index (χ1v) is 6.80. The summed E-state index contributed by atoms with van der Waals surface area (Å²) in [4.78, 5) is 0. The molecule has 18 heavy (non-hydrogen) atoms. The highest BCUT2D eigenvalue weighted by atomic mass is 35.5. The molecular formula is C9H4Cl3N5S. The summed E-state index contributed by atoms with van der Waals surface area (Å²) in [5, 5.41) is 8.67. The Labute approximate surface area is 121 Å². The van der Waals surface area contributed by atoms with Crippen LogP contribution in [0.4, 0.5) is 11.4 Å². The van der Waals surface area contributed by atoms with Crippen LogP contribution in [0.15, 0.2) is 21.0 Å². The number of benzene rings is 1. The third kappa shape index (κ3) is 1.76. The molecule has 0 atom stereocenters. The van der Waals surface area contributed by atoms with Gasteiger partial charge in [0.1, 0.15) is 17.1 Å². The molecular weight excluding hydrogens is 317 g/mol. The van der Waals surface area contributed by atoms with Crippen molar-refractivity contribution < 1.29 is 0 Å². The zero-order valence-corrected chi connectivity index (χ0v) is 11.7. The van der Waals surface area contributed by atoms with E-state index in [1.807, 2.05) is 0 Å². The van der Waals surface area contributed by atoms with Gasteiger partial charge in [0.15, 0.2) is 0 Å². The Hall–Kier alpha value is -0.950. The SMILES string of the molecule is ClCc1cnnn1-c1c(Cl)cc(Cl)c2c1N=S=N2. The molecule has 0 fully saturated rings. The maximum absolute atomic E-state index is 6.21. The Balaban J connectivity index is 2.32. The number of rotatable bonds is 2. The normalized spacial score (nSPS) is 12.6. The smallest absolute Gasteiger partial charge is 0.133 e. The molecule has 2 aromatic rings. The van der Waals surface area contributed by atoms with E-state index in [9.17, 15) is 0 Å². The van der Waals surface area contributed by atoms with Crippen molar-refractivity contribution in [2.24, 2.45) is 8.73 Å². The lowest BCUT2D eigenvalue weighted by Gasteiger charge is -2.10. The van der Waals surface area contributed by atoms with E-state index in [1.54, 1.807) is 16.9 Å². The van der Waals surface area contributed by atoms with Crippen molar-refractivity contribution >= 4 is 57.5 Å². The molecule has 0 saturated heterocycles.